The molecule has 0 heterocycles. The molecule has 2 N–H and O–H groups in total. The predicted octanol–water partition coefficient (Wildman–Crippen LogP) is 2.67. The minimum atomic E-state index is -4.77. The number of Topliss-reactive ketones (excluding diaryl/α,β-unsaturated/α-hetero) is 1. The molecule has 0 saturated carbocycles. The van der Waals surface area contributed by atoms with Gasteiger partial charge in [0.25, 0.3) is 0 Å². The molecule has 2 unspecified atom stereocenters. The van der Waals surface area contributed by atoms with E-state index in [2.05, 4.69) is 4.74 Å². The summed E-state index contributed by atoms with van der Waals surface area (Å²) in [5, 5.41) is 0. The molecule has 3 nitrogen and oxygen atoms in total. The fourth-order valence-corrected chi connectivity index (χ4v) is 1.98. The van der Waals surface area contributed by atoms with Crippen molar-refractivity contribution in [2.45, 2.75) is 18.8 Å². The van der Waals surface area contributed by atoms with Crippen molar-refractivity contribution in [1.82, 2.24) is 0 Å². The fourth-order valence-electron chi connectivity index (χ4n) is 1.98. The molecule has 0 saturated heterocycles. The first-order valence-electron chi connectivity index (χ1n) is 5.69. The molecule has 1 aromatic carbocycles. The van der Waals surface area contributed by atoms with Gasteiger partial charge in [0.05, 0.1) is 0 Å². The maximum atomic E-state index is 12.1. The Bertz CT molecular complexity index is 511. The average molecular weight is 271 g/mol. The van der Waals surface area contributed by atoms with Crippen LogP contribution in [-0.2, 0) is 0 Å². The first-order valence-corrected chi connectivity index (χ1v) is 5.69. The molecule has 0 aliphatic heterocycles. The second-order valence-electron chi connectivity index (χ2n) is 4.33. The van der Waals surface area contributed by atoms with E-state index in [1.165, 1.54) is 12.1 Å². The number of carbonyl (C=O) groups is 1. The lowest BCUT2D eigenvalue weighted by atomic mass is 9.96. The van der Waals surface area contributed by atoms with Crippen LogP contribution in [0.4, 0.5) is 13.2 Å². The molecule has 0 radical (unpaired) electrons. The van der Waals surface area contributed by atoms with Gasteiger partial charge in [-0.2, -0.15) is 0 Å². The van der Waals surface area contributed by atoms with Crippen molar-refractivity contribution in [2.24, 2.45) is 11.7 Å². The molecule has 0 spiro atoms. The summed E-state index contributed by atoms with van der Waals surface area (Å²) in [5.41, 5.74) is 5.83. The average Bonchev–Trinajstić information content (AvgIpc) is 2.73. The molecule has 1 aliphatic rings. The van der Waals surface area contributed by atoms with Crippen LogP contribution in [0.25, 0.3) is 0 Å². The van der Waals surface area contributed by atoms with Crippen LogP contribution in [0.15, 0.2) is 36.4 Å². The van der Waals surface area contributed by atoms with E-state index in [4.69, 9.17) is 5.73 Å². The minimum Gasteiger partial charge on any atom is -0.406 e. The summed E-state index contributed by atoms with van der Waals surface area (Å²) in [7, 11) is 0. The first-order chi connectivity index (χ1) is 8.85. The lowest BCUT2D eigenvalue weighted by molar-refractivity contribution is -0.274. The van der Waals surface area contributed by atoms with Crippen LogP contribution in [0.5, 0.6) is 5.75 Å². The maximum absolute atomic E-state index is 12.1. The Labute approximate surface area is 107 Å². The zero-order chi connectivity index (χ0) is 14.0. The van der Waals surface area contributed by atoms with Crippen LogP contribution in [-0.4, -0.2) is 18.2 Å². The number of ketones is 1. The van der Waals surface area contributed by atoms with E-state index >= 15 is 0 Å². The number of carbonyl (C=O) groups excluding carboxylic acids is 1. The summed E-state index contributed by atoms with van der Waals surface area (Å²) in [5.74, 6) is -1.03. The molecule has 2 atom stereocenters. The van der Waals surface area contributed by atoms with Gasteiger partial charge in [-0.3, -0.25) is 4.79 Å². The first kappa shape index (κ1) is 13.6. The number of halogens is 3. The zero-order valence-corrected chi connectivity index (χ0v) is 9.85. The van der Waals surface area contributed by atoms with Crippen molar-refractivity contribution in [2.75, 3.05) is 0 Å². The third kappa shape index (κ3) is 3.57. The quantitative estimate of drug-likeness (QED) is 0.679. The maximum Gasteiger partial charge on any atom is 0.573 e. The molecule has 2 rings (SSSR count). The molecule has 0 fully saturated rings. The van der Waals surface area contributed by atoms with Crippen molar-refractivity contribution < 1.29 is 22.7 Å². The Balaban J connectivity index is 2.15. The van der Waals surface area contributed by atoms with Gasteiger partial charge in [0, 0.05) is 17.5 Å². The number of ether oxygens (including phenoxy) is 1. The van der Waals surface area contributed by atoms with Crippen molar-refractivity contribution in [3.8, 4) is 5.75 Å². The molecule has 19 heavy (non-hydrogen) atoms. The van der Waals surface area contributed by atoms with Gasteiger partial charge in [0.2, 0.25) is 0 Å². The van der Waals surface area contributed by atoms with Gasteiger partial charge in [-0.05, 0) is 18.6 Å². The highest BCUT2D eigenvalue weighted by atomic mass is 19.4. The molecule has 6 heteroatoms. The Hall–Kier alpha value is -1.82. The monoisotopic (exact) mass is 271 g/mol. The van der Waals surface area contributed by atoms with Gasteiger partial charge in [-0.1, -0.05) is 24.3 Å². The Morgan fingerprint density at radius 2 is 2.05 bits per heavy atom. The third-order valence-electron chi connectivity index (χ3n) is 2.81. The molecular weight excluding hydrogens is 259 g/mol. The lowest BCUT2D eigenvalue weighted by Gasteiger charge is -2.11. The van der Waals surface area contributed by atoms with E-state index in [1.54, 1.807) is 12.2 Å². The summed E-state index contributed by atoms with van der Waals surface area (Å²) < 4.78 is 40.1. The molecule has 0 aromatic heterocycles. The fraction of sp³-hybridized carbons (Fsp3) is 0.308. The highest BCUT2D eigenvalue weighted by Crippen LogP contribution is 2.26. The zero-order valence-electron chi connectivity index (χ0n) is 9.85. The van der Waals surface area contributed by atoms with E-state index in [0.717, 1.165) is 12.1 Å². The van der Waals surface area contributed by atoms with E-state index in [1.807, 2.05) is 0 Å². The molecule has 0 bridgehead atoms. The van der Waals surface area contributed by atoms with Crippen molar-refractivity contribution >= 4 is 5.78 Å². The standard InChI is InChI=1S/C13H12F3NO2/c14-13(15,16)19-11-3-1-2-8(7-11)12(18)9-4-5-10(17)6-9/h1-5,7,9-10H,6,17H2. The van der Waals surface area contributed by atoms with E-state index in [0.29, 0.717) is 6.42 Å². The van der Waals surface area contributed by atoms with Crippen molar-refractivity contribution in [3.05, 3.63) is 42.0 Å². The summed E-state index contributed by atoms with van der Waals surface area (Å²) in [6, 6.07) is 4.88. The Morgan fingerprint density at radius 1 is 1.32 bits per heavy atom. The topological polar surface area (TPSA) is 52.3 Å². The summed E-state index contributed by atoms with van der Waals surface area (Å²) in [6.45, 7) is 0. The van der Waals surface area contributed by atoms with Crippen LogP contribution in [0.3, 0.4) is 0 Å². The van der Waals surface area contributed by atoms with Gasteiger partial charge in [-0.15, -0.1) is 13.2 Å². The number of alkyl halides is 3. The lowest BCUT2D eigenvalue weighted by Crippen LogP contribution is -2.20. The van der Waals surface area contributed by atoms with Gasteiger partial charge in [0.1, 0.15) is 5.75 Å². The van der Waals surface area contributed by atoms with Gasteiger partial charge < -0.3 is 10.5 Å². The number of hydrogen-bond donors (Lipinski definition) is 1. The molecular formula is C13H12F3NO2. The number of hydrogen-bond acceptors (Lipinski definition) is 3. The predicted molar refractivity (Wildman–Crippen MR) is 62.7 cm³/mol. The van der Waals surface area contributed by atoms with Crippen LogP contribution in [0, 0.1) is 5.92 Å². The molecule has 1 aromatic rings. The normalized spacial score (nSPS) is 22.5. The number of rotatable bonds is 3. The molecule has 102 valence electrons. The Kier molecular flexibility index (Phi) is 3.61. The Morgan fingerprint density at radius 3 is 2.63 bits per heavy atom. The molecule has 0 amide bonds. The van der Waals surface area contributed by atoms with E-state index < -0.39 is 12.1 Å². The van der Waals surface area contributed by atoms with Crippen molar-refractivity contribution in [1.29, 1.82) is 0 Å². The largest absolute Gasteiger partial charge is 0.573 e. The number of nitrogens with two attached hydrogens (primary N) is 1. The highest BCUT2D eigenvalue weighted by molar-refractivity contribution is 5.99. The number of benzene rings is 1. The van der Waals surface area contributed by atoms with Gasteiger partial charge in [0.15, 0.2) is 5.78 Å². The SMILES string of the molecule is NC1C=CC(C(=O)c2cccc(OC(F)(F)F)c2)C1. The van der Waals surface area contributed by atoms with E-state index in [-0.39, 0.29) is 23.3 Å². The summed E-state index contributed by atoms with van der Waals surface area (Å²) in [4.78, 5) is 12.1. The van der Waals surface area contributed by atoms with Crippen LogP contribution in [0.1, 0.15) is 16.8 Å². The third-order valence-corrected chi connectivity index (χ3v) is 2.81. The summed E-state index contributed by atoms with van der Waals surface area (Å²) >= 11 is 0. The number of allylic oxidation sites excluding steroid dienone is 1. The minimum absolute atomic E-state index is 0.177. The van der Waals surface area contributed by atoms with Crippen molar-refractivity contribution in [3.63, 3.8) is 0 Å². The highest BCUT2D eigenvalue weighted by Gasteiger charge is 2.31. The van der Waals surface area contributed by atoms with Crippen LogP contribution < -0.4 is 10.5 Å². The van der Waals surface area contributed by atoms with Crippen LogP contribution >= 0.6 is 0 Å². The van der Waals surface area contributed by atoms with Crippen LogP contribution in [0.2, 0.25) is 0 Å². The van der Waals surface area contributed by atoms with Gasteiger partial charge in [-0.25, -0.2) is 0 Å². The molecule has 1 aliphatic carbocycles. The van der Waals surface area contributed by atoms with Gasteiger partial charge >= 0.3 is 6.36 Å². The van der Waals surface area contributed by atoms with E-state index in [9.17, 15) is 18.0 Å². The second kappa shape index (κ2) is 5.05. The summed E-state index contributed by atoms with van der Waals surface area (Å²) in [6.07, 6.45) is -0.886. The smallest absolute Gasteiger partial charge is 0.406 e. The second-order valence-corrected chi connectivity index (χ2v) is 4.33.